The van der Waals surface area contributed by atoms with Crippen molar-refractivity contribution in [2.75, 3.05) is 13.1 Å². The summed E-state index contributed by atoms with van der Waals surface area (Å²) in [6.45, 7) is 14.2. The molecule has 0 saturated carbocycles. The van der Waals surface area contributed by atoms with E-state index in [-0.39, 0.29) is 11.3 Å². The van der Waals surface area contributed by atoms with E-state index in [0.29, 0.717) is 31.5 Å². The first-order valence-corrected chi connectivity index (χ1v) is 7.27. The van der Waals surface area contributed by atoms with E-state index in [4.69, 9.17) is 5.73 Å². The van der Waals surface area contributed by atoms with Crippen LogP contribution in [0.2, 0.25) is 0 Å². The zero-order chi connectivity index (χ0) is 14.3. The summed E-state index contributed by atoms with van der Waals surface area (Å²) in [6.07, 6.45) is 2.64. The number of hydrogen-bond acceptors (Lipinski definition) is 2. The van der Waals surface area contributed by atoms with Crippen LogP contribution < -0.4 is 5.73 Å². The van der Waals surface area contributed by atoms with Gasteiger partial charge in [-0.3, -0.25) is 4.79 Å². The molecule has 0 radical (unpaired) electrons. The van der Waals surface area contributed by atoms with Crippen molar-refractivity contribution < 1.29 is 4.79 Å². The third-order valence-electron chi connectivity index (χ3n) is 4.03. The second-order valence-electron chi connectivity index (χ2n) is 6.32. The Morgan fingerprint density at radius 3 is 2.06 bits per heavy atom. The van der Waals surface area contributed by atoms with Crippen LogP contribution in [0.5, 0.6) is 0 Å². The first kappa shape index (κ1) is 17.4. The zero-order valence-corrected chi connectivity index (χ0v) is 13.1. The molecule has 0 bridgehead atoms. The number of carbonyl (C=O) groups excluding carboxylic acids is 1. The largest absolute Gasteiger partial charge is 0.338 e. The van der Waals surface area contributed by atoms with Crippen molar-refractivity contribution in [3.05, 3.63) is 0 Å². The van der Waals surface area contributed by atoms with Gasteiger partial charge in [0.2, 0.25) is 5.91 Å². The summed E-state index contributed by atoms with van der Waals surface area (Å²) in [4.78, 5) is 14.4. The first-order valence-electron chi connectivity index (χ1n) is 7.27. The van der Waals surface area contributed by atoms with Gasteiger partial charge in [-0.2, -0.15) is 0 Å². The number of carbonyl (C=O) groups is 1. The fourth-order valence-corrected chi connectivity index (χ4v) is 2.06. The third-order valence-corrected chi connectivity index (χ3v) is 4.03. The number of rotatable bonds is 7. The maximum absolute atomic E-state index is 12.4. The van der Waals surface area contributed by atoms with Gasteiger partial charge in [0.25, 0.3) is 0 Å². The van der Waals surface area contributed by atoms with E-state index in [9.17, 15) is 4.79 Å². The lowest BCUT2D eigenvalue weighted by Crippen LogP contribution is -2.43. The van der Waals surface area contributed by atoms with E-state index in [2.05, 4.69) is 41.5 Å². The Morgan fingerprint density at radius 2 is 1.72 bits per heavy atom. The summed E-state index contributed by atoms with van der Waals surface area (Å²) in [5.74, 6) is 0.649. The van der Waals surface area contributed by atoms with Gasteiger partial charge in [0.1, 0.15) is 0 Å². The average molecular weight is 256 g/mol. The third kappa shape index (κ3) is 5.38. The molecule has 0 aliphatic rings. The molecule has 108 valence electrons. The molecule has 0 rings (SSSR count). The van der Waals surface area contributed by atoms with Crippen LogP contribution >= 0.6 is 0 Å². The molecule has 0 aromatic carbocycles. The van der Waals surface area contributed by atoms with E-state index >= 15 is 0 Å². The lowest BCUT2D eigenvalue weighted by atomic mass is 9.80. The monoisotopic (exact) mass is 256 g/mol. The Bertz CT molecular complexity index is 241. The van der Waals surface area contributed by atoms with Crippen molar-refractivity contribution >= 4 is 5.91 Å². The molecule has 0 saturated heterocycles. The molecule has 3 nitrogen and oxygen atoms in total. The molecule has 0 spiro atoms. The van der Waals surface area contributed by atoms with Gasteiger partial charge in [-0.25, -0.2) is 0 Å². The molecule has 0 aliphatic heterocycles. The molecule has 1 amide bonds. The molecule has 1 unspecified atom stereocenters. The Labute approximate surface area is 113 Å². The topological polar surface area (TPSA) is 46.3 Å². The van der Waals surface area contributed by atoms with Crippen LogP contribution in [-0.2, 0) is 4.79 Å². The smallest absolute Gasteiger partial charge is 0.223 e. The highest BCUT2D eigenvalue weighted by atomic mass is 16.2. The van der Waals surface area contributed by atoms with Crippen molar-refractivity contribution in [3.63, 3.8) is 0 Å². The predicted molar refractivity (Wildman–Crippen MR) is 78.4 cm³/mol. The highest BCUT2D eigenvalue weighted by Gasteiger charge is 2.27. The summed E-state index contributed by atoms with van der Waals surface area (Å²) >= 11 is 0. The predicted octanol–water partition coefficient (Wildman–Crippen LogP) is 3.03. The van der Waals surface area contributed by atoms with Gasteiger partial charge in [-0.15, -0.1) is 0 Å². The summed E-state index contributed by atoms with van der Waals surface area (Å²) in [6, 6.07) is 0.341. The lowest BCUT2D eigenvalue weighted by Gasteiger charge is -2.34. The minimum atomic E-state index is 0.179. The average Bonchev–Trinajstić information content (AvgIpc) is 2.28. The molecule has 3 heteroatoms. The molecular formula is C15H32N2O. The van der Waals surface area contributed by atoms with Crippen LogP contribution in [0, 0.1) is 11.3 Å². The second-order valence-corrected chi connectivity index (χ2v) is 6.32. The maximum atomic E-state index is 12.4. The highest BCUT2D eigenvalue weighted by molar-refractivity contribution is 5.76. The van der Waals surface area contributed by atoms with Crippen molar-refractivity contribution in [3.8, 4) is 0 Å². The number of amides is 1. The normalized spacial score (nSPS) is 13.8. The van der Waals surface area contributed by atoms with Gasteiger partial charge < -0.3 is 10.6 Å². The quantitative estimate of drug-likeness (QED) is 0.761. The van der Waals surface area contributed by atoms with Crippen LogP contribution in [0.1, 0.15) is 60.8 Å². The second kappa shape index (κ2) is 7.78. The van der Waals surface area contributed by atoms with Gasteiger partial charge in [-0.1, -0.05) is 41.5 Å². The van der Waals surface area contributed by atoms with Crippen LogP contribution in [0.3, 0.4) is 0 Å². The molecule has 0 heterocycles. The fraction of sp³-hybridized carbons (Fsp3) is 0.933. The van der Waals surface area contributed by atoms with Crippen LogP contribution in [0.4, 0.5) is 0 Å². The van der Waals surface area contributed by atoms with E-state index in [0.717, 1.165) is 12.8 Å². The van der Waals surface area contributed by atoms with Crippen LogP contribution in [0.15, 0.2) is 0 Å². The van der Waals surface area contributed by atoms with Crippen LogP contribution in [0.25, 0.3) is 0 Å². The zero-order valence-electron chi connectivity index (χ0n) is 13.1. The van der Waals surface area contributed by atoms with Crippen LogP contribution in [-0.4, -0.2) is 29.9 Å². The van der Waals surface area contributed by atoms with Gasteiger partial charge in [0.15, 0.2) is 0 Å². The summed E-state index contributed by atoms with van der Waals surface area (Å²) in [5.41, 5.74) is 5.82. The molecule has 0 aliphatic carbocycles. The standard InChI is InChI=1S/C15H32N2O/c1-7-13(8-2)17(10-9-16)14(18)11-12(3)15(4,5)6/h12-13H,7-11,16H2,1-6H3. The maximum Gasteiger partial charge on any atom is 0.223 e. The Kier molecular flexibility index (Phi) is 7.53. The molecule has 0 fully saturated rings. The van der Waals surface area contributed by atoms with Crippen molar-refractivity contribution in [2.24, 2.45) is 17.1 Å². The van der Waals surface area contributed by atoms with E-state index < -0.39 is 0 Å². The Hall–Kier alpha value is -0.570. The lowest BCUT2D eigenvalue weighted by molar-refractivity contribution is -0.135. The molecule has 0 aromatic rings. The van der Waals surface area contributed by atoms with Gasteiger partial charge in [0.05, 0.1) is 0 Å². The summed E-state index contributed by atoms with van der Waals surface area (Å²) in [5, 5.41) is 0. The molecule has 2 N–H and O–H groups in total. The SMILES string of the molecule is CCC(CC)N(CCN)C(=O)CC(C)C(C)(C)C. The van der Waals surface area contributed by atoms with Gasteiger partial charge >= 0.3 is 0 Å². The highest BCUT2D eigenvalue weighted by Crippen LogP contribution is 2.29. The van der Waals surface area contributed by atoms with Gasteiger partial charge in [-0.05, 0) is 24.2 Å². The number of nitrogens with zero attached hydrogens (tertiary/aromatic N) is 1. The first-order chi connectivity index (χ1) is 8.27. The Morgan fingerprint density at radius 1 is 1.22 bits per heavy atom. The van der Waals surface area contributed by atoms with Gasteiger partial charge in [0, 0.05) is 25.6 Å². The molecule has 0 aromatic heterocycles. The van der Waals surface area contributed by atoms with Crippen molar-refractivity contribution in [1.82, 2.24) is 4.90 Å². The Balaban J connectivity index is 4.66. The molecular weight excluding hydrogens is 224 g/mol. The number of nitrogens with two attached hydrogens (primary N) is 1. The van der Waals surface area contributed by atoms with E-state index in [1.807, 2.05) is 4.90 Å². The van der Waals surface area contributed by atoms with Crippen molar-refractivity contribution in [1.29, 1.82) is 0 Å². The minimum absolute atomic E-state index is 0.179. The van der Waals surface area contributed by atoms with E-state index in [1.165, 1.54) is 0 Å². The molecule has 18 heavy (non-hydrogen) atoms. The summed E-state index contributed by atoms with van der Waals surface area (Å²) in [7, 11) is 0. The van der Waals surface area contributed by atoms with E-state index in [1.54, 1.807) is 0 Å². The minimum Gasteiger partial charge on any atom is -0.338 e. The van der Waals surface area contributed by atoms with Crippen molar-refractivity contribution in [2.45, 2.75) is 66.8 Å². The summed E-state index contributed by atoms with van der Waals surface area (Å²) < 4.78 is 0. The number of hydrogen-bond donors (Lipinski definition) is 1. The molecule has 1 atom stereocenters. The fourth-order valence-electron chi connectivity index (χ4n) is 2.06.